The van der Waals surface area contributed by atoms with Gasteiger partial charge in [0, 0.05) is 12.0 Å². The van der Waals surface area contributed by atoms with Crippen molar-refractivity contribution >= 4 is 35.9 Å². The molecule has 0 aromatic heterocycles. The van der Waals surface area contributed by atoms with E-state index in [2.05, 4.69) is 17.2 Å². The minimum atomic E-state index is -1.47. The normalized spacial score (nSPS) is 13.7. The van der Waals surface area contributed by atoms with Crippen LogP contribution in [0.25, 0.3) is 6.08 Å². The first-order chi connectivity index (χ1) is 21.6. The molecule has 0 fully saturated rings. The molecular formula is C36H50N4O7. The third-order valence-electron chi connectivity index (χ3n) is 6.61. The van der Waals surface area contributed by atoms with E-state index in [9.17, 15) is 24.0 Å². The topological polar surface area (TPSA) is 157 Å². The second-order valence-electron chi connectivity index (χ2n) is 14.3. The third kappa shape index (κ3) is 12.6. The number of ether oxygens (including phenoxy) is 2. The molecule has 47 heavy (non-hydrogen) atoms. The van der Waals surface area contributed by atoms with Crippen molar-refractivity contribution in [2.75, 3.05) is 0 Å². The summed E-state index contributed by atoms with van der Waals surface area (Å²) in [6.07, 6.45) is 0.226. The Kier molecular flexibility index (Phi) is 12.9. The van der Waals surface area contributed by atoms with Gasteiger partial charge in [-0.25, -0.2) is 9.59 Å². The van der Waals surface area contributed by atoms with Gasteiger partial charge in [-0.1, -0.05) is 61.2 Å². The van der Waals surface area contributed by atoms with Crippen molar-refractivity contribution < 1.29 is 33.4 Å². The highest BCUT2D eigenvalue weighted by Gasteiger charge is 2.43. The minimum Gasteiger partial charge on any atom is -0.458 e. The van der Waals surface area contributed by atoms with Crippen molar-refractivity contribution in [1.29, 1.82) is 0 Å². The number of nitrogens with zero attached hydrogens (tertiary/aromatic N) is 1. The molecule has 0 spiro atoms. The highest BCUT2D eigenvalue weighted by Crippen LogP contribution is 2.31. The van der Waals surface area contributed by atoms with Crippen LogP contribution < -0.4 is 16.4 Å². The van der Waals surface area contributed by atoms with Gasteiger partial charge in [0.25, 0.3) is 0 Å². The van der Waals surface area contributed by atoms with Crippen LogP contribution in [0.2, 0.25) is 0 Å². The van der Waals surface area contributed by atoms with Gasteiger partial charge in [-0.05, 0) is 85.1 Å². The first-order valence-corrected chi connectivity index (χ1v) is 15.5. The molecule has 0 radical (unpaired) electrons. The zero-order valence-corrected chi connectivity index (χ0v) is 29.0. The van der Waals surface area contributed by atoms with Crippen LogP contribution >= 0.6 is 0 Å². The number of carbonyl (C=O) groups is 5. The number of carbonyl (C=O) groups excluding carboxylic acids is 5. The second-order valence-corrected chi connectivity index (χ2v) is 14.3. The SMILES string of the molecule is C=Cc1cccc(C(C(=O)NC(Cc2ccccc2)C(=O)OC(C)(C)C)N(C(=O)C(CC(N)=O)NC(=O)OC(C)(C)C)C(C)(C)C)c1. The molecule has 256 valence electrons. The number of hydrogen-bond donors (Lipinski definition) is 3. The van der Waals surface area contributed by atoms with Crippen LogP contribution in [0, 0.1) is 0 Å². The quantitative estimate of drug-likeness (QED) is 0.278. The molecule has 0 bridgehead atoms. The molecule has 4 amide bonds. The first-order valence-electron chi connectivity index (χ1n) is 15.5. The van der Waals surface area contributed by atoms with E-state index in [1.165, 1.54) is 4.90 Å². The monoisotopic (exact) mass is 650 g/mol. The molecule has 0 aliphatic rings. The highest BCUT2D eigenvalue weighted by molar-refractivity contribution is 5.96. The Hall–Kier alpha value is -4.67. The number of amides is 4. The molecule has 3 atom stereocenters. The van der Waals surface area contributed by atoms with Gasteiger partial charge in [0.05, 0.1) is 6.42 Å². The highest BCUT2D eigenvalue weighted by atomic mass is 16.6. The lowest BCUT2D eigenvalue weighted by Crippen LogP contribution is -2.60. The van der Waals surface area contributed by atoms with Crippen molar-refractivity contribution in [1.82, 2.24) is 15.5 Å². The maximum atomic E-state index is 14.5. The molecule has 2 aromatic rings. The lowest BCUT2D eigenvalue weighted by molar-refractivity contribution is -0.159. The Balaban J connectivity index is 2.70. The fourth-order valence-electron chi connectivity index (χ4n) is 4.80. The molecule has 2 aromatic carbocycles. The number of benzene rings is 2. The predicted octanol–water partition coefficient (Wildman–Crippen LogP) is 4.84. The van der Waals surface area contributed by atoms with Crippen LogP contribution in [-0.4, -0.2) is 63.5 Å². The molecule has 4 N–H and O–H groups in total. The van der Waals surface area contributed by atoms with Gasteiger partial charge in [0.15, 0.2) is 0 Å². The number of esters is 1. The minimum absolute atomic E-state index is 0.120. The van der Waals surface area contributed by atoms with Crippen molar-refractivity contribution in [3.8, 4) is 0 Å². The van der Waals surface area contributed by atoms with Crippen molar-refractivity contribution in [3.05, 3.63) is 77.9 Å². The van der Waals surface area contributed by atoms with Gasteiger partial charge in [0.1, 0.15) is 29.3 Å². The summed E-state index contributed by atoms with van der Waals surface area (Å²) < 4.78 is 11.0. The Morgan fingerprint density at radius 2 is 1.43 bits per heavy atom. The smallest absolute Gasteiger partial charge is 0.408 e. The molecular weight excluding hydrogens is 600 g/mol. The fraction of sp³-hybridized carbons (Fsp3) is 0.472. The zero-order chi connectivity index (χ0) is 35.7. The maximum absolute atomic E-state index is 14.5. The van der Waals surface area contributed by atoms with Gasteiger partial charge in [-0.3, -0.25) is 14.4 Å². The van der Waals surface area contributed by atoms with Gasteiger partial charge in [0.2, 0.25) is 17.7 Å². The summed E-state index contributed by atoms with van der Waals surface area (Å²) in [7, 11) is 0. The van der Waals surface area contributed by atoms with Gasteiger partial charge < -0.3 is 30.7 Å². The number of nitrogens with two attached hydrogens (primary N) is 1. The number of primary amides is 1. The van der Waals surface area contributed by atoms with E-state index >= 15 is 0 Å². The molecule has 0 saturated carbocycles. The average molecular weight is 651 g/mol. The second kappa shape index (κ2) is 15.8. The van der Waals surface area contributed by atoms with Crippen LogP contribution in [0.15, 0.2) is 61.2 Å². The van der Waals surface area contributed by atoms with Gasteiger partial charge >= 0.3 is 12.1 Å². The van der Waals surface area contributed by atoms with Crippen LogP contribution in [0.1, 0.15) is 91.5 Å². The van der Waals surface area contributed by atoms with E-state index in [0.29, 0.717) is 11.1 Å². The first kappa shape index (κ1) is 38.5. The number of hydrogen-bond acceptors (Lipinski definition) is 7. The molecule has 3 unspecified atom stereocenters. The van der Waals surface area contributed by atoms with Crippen molar-refractivity contribution in [2.24, 2.45) is 5.73 Å². The average Bonchev–Trinajstić information content (AvgIpc) is 2.92. The summed E-state index contributed by atoms with van der Waals surface area (Å²) >= 11 is 0. The summed E-state index contributed by atoms with van der Waals surface area (Å²) in [4.78, 5) is 68.7. The van der Waals surface area contributed by atoms with E-state index in [1.807, 2.05) is 30.3 Å². The van der Waals surface area contributed by atoms with E-state index in [4.69, 9.17) is 15.2 Å². The van der Waals surface area contributed by atoms with Gasteiger partial charge in [-0.15, -0.1) is 0 Å². The standard InChI is InChI=1S/C36H50N4O7/c1-11-23-18-15-19-25(20-23)29(30(42)38-27(32(44)46-35(5,6)7)21-24-16-13-12-14-17-24)40(34(2,3)4)31(43)26(22-28(37)41)39-33(45)47-36(8,9)10/h11-20,26-27,29H,1,21-22H2,2-10H3,(H2,37,41)(H,38,42)(H,39,45). The number of nitrogens with one attached hydrogen (secondary N) is 2. The predicted molar refractivity (Wildman–Crippen MR) is 181 cm³/mol. The van der Waals surface area contributed by atoms with Crippen molar-refractivity contribution in [2.45, 2.75) is 110 Å². The lowest BCUT2D eigenvalue weighted by atomic mass is 9.93. The Bertz CT molecular complexity index is 1440. The summed E-state index contributed by atoms with van der Waals surface area (Å²) in [6.45, 7) is 19.1. The largest absolute Gasteiger partial charge is 0.458 e. The van der Waals surface area contributed by atoms with Crippen LogP contribution in [0.3, 0.4) is 0 Å². The number of rotatable bonds is 12. The number of alkyl carbamates (subject to hydrolysis) is 1. The summed E-state index contributed by atoms with van der Waals surface area (Å²) in [5, 5.41) is 5.31. The Labute approximate surface area is 278 Å². The van der Waals surface area contributed by atoms with E-state index in [-0.39, 0.29) is 6.42 Å². The van der Waals surface area contributed by atoms with Crippen LogP contribution in [0.5, 0.6) is 0 Å². The molecule has 0 aliphatic carbocycles. The molecule has 0 saturated heterocycles. The fourth-order valence-corrected chi connectivity index (χ4v) is 4.80. The summed E-state index contributed by atoms with van der Waals surface area (Å²) in [5.74, 6) is -2.95. The van der Waals surface area contributed by atoms with E-state index in [0.717, 1.165) is 5.56 Å². The van der Waals surface area contributed by atoms with Crippen LogP contribution in [0.4, 0.5) is 4.79 Å². The Morgan fingerprint density at radius 3 is 1.94 bits per heavy atom. The molecule has 11 nitrogen and oxygen atoms in total. The van der Waals surface area contributed by atoms with Gasteiger partial charge in [-0.2, -0.15) is 0 Å². The zero-order valence-electron chi connectivity index (χ0n) is 29.0. The molecule has 2 rings (SSSR count). The summed E-state index contributed by atoms with van der Waals surface area (Å²) in [5.41, 5.74) is 4.58. The third-order valence-corrected chi connectivity index (χ3v) is 6.61. The lowest BCUT2D eigenvalue weighted by Gasteiger charge is -2.43. The van der Waals surface area contributed by atoms with E-state index in [1.54, 1.807) is 92.7 Å². The van der Waals surface area contributed by atoms with Crippen molar-refractivity contribution in [3.63, 3.8) is 0 Å². The maximum Gasteiger partial charge on any atom is 0.408 e. The molecule has 11 heteroatoms. The Morgan fingerprint density at radius 1 is 0.830 bits per heavy atom. The van der Waals surface area contributed by atoms with Crippen LogP contribution in [-0.2, 0) is 35.1 Å². The molecule has 0 aliphatic heterocycles. The summed E-state index contributed by atoms with van der Waals surface area (Å²) in [6, 6.07) is 12.1. The van der Waals surface area contributed by atoms with E-state index < -0.39 is 71.1 Å². The molecule has 0 heterocycles.